The van der Waals surface area contributed by atoms with Crippen LogP contribution in [0.4, 0.5) is 10.7 Å². The van der Waals surface area contributed by atoms with Crippen LogP contribution in [0.3, 0.4) is 0 Å². The number of ether oxygens (including phenoxy) is 1. The summed E-state index contributed by atoms with van der Waals surface area (Å²) in [4.78, 5) is 49.6. The summed E-state index contributed by atoms with van der Waals surface area (Å²) >= 11 is 2.74. The van der Waals surface area contributed by atoms with Crippen LogP contribution in [0.25, 0.3) is 0 Å². The molecule has 1 aliphatic carbocycles. The number of esters is 1. The summed E-state index contributed by atoms with van der Waals surface area (Å²) in [6, 6.07) is 6.91. The highest BCUT2D eigenvalue weighted by molar-refractivity contribution is 8.00. The van der Waals surface area contributed by atoms with Crippen molar-refractivity contribution in [1.29, 1.82) is 0 Å². The molecule has 2 unspecified atom stereocenters. The molecular formula is C24H26N2O6S2. The van der Waals surface area contributed by atoms with Crippen LogP contribution >= 0.6 is 23.1 Å². The van der Waals surface area contributed by atoms with Crippen molar-refractivity contribution in [2.45, 2.75) is 43.3 Å². The molecule has 0 radical (unpaired) electrons. The molecule has 2 amide bonds. The van der Waals surface area contributed by atoms with E-state index in [-0.39, 0.29) is 5.91 Å². The molecule has 0 aliphatic heterocycles. The average molecular weight is 503 g/mol. The first kappa shape index (κ1) is 25.5. The van der Waals surface area contributed by atoms with Crippen LogP contribution in [0.15, 0.2) is 41.3 Å². The minimum absolute atomic E-state index is 0.249. The van der Waals surface area contributed by atoms with Crippen LogP contribution < -0.4 is 10.6 Å². The largest absolute Gasteiger partial charge is 0.478 e. The summed E-state index contributed by atoms with van der Waals surface area (Å²) in [5, 5.41) is 14.2. The summed E-state index contributed by atoms with van der Waals surface area (Å²) in [5.74, 6) is -1.94. The molecule has 2 atom stereocenters. The zero-order valence-electron chi connectivity index (χ0n) is 19.0. The quantitative estimate of drug-likeness (QED) is 0.279. The van der Waals surface area contributed by atoms with E-state index in [2.05, 4.69) is 17.6 Å². The number of hydrogen-bond acceptors (Lipinski definition) is 7. The SMILES string of the molecule is COC(=O)c1c(NC(=O)C(C)Sc2cccc(NC(=O)/C=C/C(=O)O)c2)sc2c1CCC(C)C2. The maximum Gasteiger partial charge on any atom is 0.341 e. The fourth-order valence-electron chi connectivity index (χ4n) is 3.61. The third-order valence-electron chi connectivity index (χ3n) is 5.30. The number of benzene rings is 1. The van der Waals surface area contributed by atoms with Gasteiger partial charge in [-0.25, -0.2) is 9.59 Å². The predicted molar refractivity (Wildman–Crippen MR) is 133 cm³/mol. The van der Waals surface area contributed by atoms with Crippen molar-refractivity contribution in [1.82, 2.24) is 0 Å². The Kier molecular flexibility index (Phi) is 8.51. The van der Waals surface area contributed by atoms with E-state index in [1.807, 2.05) is 6.07 Å². The van der Waals surface area contributed by atoms with Gasteiger partial charge in [-0.2, -0.15) is 0 Å². The molecule has 0 saturated heterocycles. The molecular weight excluding hydrogens is 476 g/mol. The van der Waals surface area contributed by atoms with Gasteiger partial charge >= 0.3 is 11.9 Å². The van der Waals surface area contributed by atoms with Crippen molar-refractivity contribution < 1.29 is 29.0 Å². The Morgan fingerprint density at radius 3 is 2.71 bits per heavy atom. The Labute approximate surface area is 205 Å². The van der Waals surface area contributed by atoms with Crippen LogP contribution in [-0.4, -0.2) is 41.2 Å². The minimum atomic E-state index is -1.21. The Bertz CT molecular complexity index is 1140. The molecule has 1 aromatic carbocycles. The van der Waals surface area contributed by atoms with Gasteiger partial charge in [-0.1, -0.05) is 13.0 Å². The van der Waals surface area contributed by atoms with E-state index >= 15 is 0 Å². The van der Waals surface area contributed by atoms with Crippen LogP contribution in [0.2, 0.25) is 0 Å². The number of aliphatic carboxylic acids is 1. The number of rotatable bonds is 8. The normalized spacial score (nSPS) is 15.9. The van der Waals surface area contributed by atoms with E-state index in [0.717, 1.165) is 46.8 Å². The average Bonchev–Trinajstić information content (AvgIpc) is 3.14. The Morgan fingerprint density at radius 2 is 2.00 bits per heavy atom. The third-order valence-corrected chi connectivity index (χ3v) is 7.56. The number of carbonyl (C=O) groups excluding carboxylic acids is 3. The number of anilines is 2. The molecule has 180 valence electrons. The molecule has 0 bridgehead atoms. The lowest BCUT2D eigenvalue weighted by Gasteiger charge is -2.18. The van der Waals surface area contributed by atoms with Crippen molar-refractivity contribution in [2.75, 3.05) is 17.7 Å². The van der Waals surface area contributed by atoms with E-state index in [1.54, 1.807) is 25.1 Å². The number of methoxy groups -OCH3 is 1. The standard InChI is InChI=1S/C24H26N2O6S2/c1-13-7-8-17-18(11-13)34-23(21(17)24(31)32-3)26-22(30)14(2)33-16-6-4-5-15(12-16)25-19(27)9-10-20(28)29/h4-6,9-10,12-14H,7-8,11H2,1-3H3,(H,25,27)(H,26,30)(H,28,29)/b10-9+. The van der Waals surface area contributed by atoms with Gasteiger partial charge in [-0.3, -0.25) is 9.59 Å². The molecule has 10 heteroatoms. The highest BCUT2D eigenvalue weighted by Gasteiger charge is 2.29. The van der Waals surface area contributed by atoms with E-state index in [4.69, 9.17) is 9.84 Å². The third kappa shape index (κ3) is 6.48. The van der Waals surface area contributed by atoms with Crippen molar-refractivity contribution >= 4 is 57.5 Å². The van der Waals surface area contributed by atoms with Crippen molar-refractivity contribution in [3.63, 3.8) is 0 Å². The number of fused-ring (bicyclic) bond motifs is 1. The van der Waals surface area contributed by atoms with E-state index in [0.29, 0.717) is 22.2 Å². The zero-order chi connectivity index (χ0) is 24.8. The van der Waals surface area contributed by atoms with Crippen molar-refractivity contribution in [2.24, 2.45) is 5.92 Å². The fourth-order valence-corrected chi connectivity index (χ4v) is 5.93. The first-order chi connectivity index (χ1) is 16.2. The van der Waals surface area contributed by atoms with Gasteiger partial charge in [0.1, 0.15) is 5.00 Å². The molecule has 1 aromatic heterocycles. The summed E-state index contributed by atoms with van der Waals surface area (Å²) in [6.45, 7) is 3.94. The van der Waals surface area contributed by atoms with Gasteiger partial charge in [0.05, 0.1) is 17.9 Å². The van der Waals surface area contributed by atoms with Gasteiger partial charge in [0, 0.05) is 27.6 Å². The maximum atomic E-state index is 13.0. The minimum Gasteiger partial charge on any atom is -0.478 e. The molecule has 34 heavy (non-hydrogen) atoms. The fraction of sp³-hybridized carbons (Fsp3) is 0.333. The molecule has 2 aromatic rings. The predicted octanol–water partition coefficient (Wildman–Crippen LogP) is 4.36. The van der Waals surface area contributed by atoms with Gasteiger partial charge < -0.3 is 20.5 Å². The van der Waals surface area contributed by atoms with Gasteiger partial charge in [-0.05, 0) is 55.9 Å². The number of carboxylic acids is 1. The van der Waals surface area contributed by atoms with Gasteiger partial charge in [0.2, 0.25) is 11.8 Å². The summed E-state index contributed by atoms with van der Waals surface area (Å²) in [5.41, 5.74) is 1.91. The molecule has 1 aliphatic rings. The number of carboxylic acid groups (broad SMARTS) is 1. The number of thiophene rings is 1. The molecule has 3 N–H and O–H groups in total. The van der Waals surface area contributed by atoms with Crippen LogP contribution in [0.1, 0.15) is 41.1 Å². The molecule has 0 fully saturated rings. The Morgan fingerprint density at radius 1 is 1.24 bits per heavy atom. The lowest BCUT2D eigenvalue weighted by Crippen LogP contribution is -2.23. The van der Waals surface area contributed by atoms with Crippen LogP contribution in [0.5, 0.6) is 0 Å². The monoisotopic (exact) mass is 502 g/mol. The molecule has 0 saturated carbocycles. The van der Waals surface area contributed by atoms with Crippen molar-refractivity contribution in [3.05, 3.63) is 52.4 Å². The van der Waals surface area contributed by atoms with Gasteiger partial charge in [0.25, 0.3) is 0 Å². The Balaban J connectivity index is 1.70. The summed E-state index contributed by atoms with van der Waals surface area (Å²) in [7, 11) is 1.34. The lowest BCUT2D eigenvalue weighted by molar-refractivity contribution is -0.131. The number of amides is 2. The van der Waals surface area contributed by atoms with Gasteiger partial charge in [0.15, 0.2) is 0 Å². The van der Waals surface area contributed by atoms with E-state index in [9.17, 15) is 19.2 Å². The first-order valence-electron chi connectivity index (χ1n) is 10.7. The summed E-state index contributed by atoms with van der Waals surface area (Å²) < 4.78 is 4.98. The number of thioether (sulfide) groups is 1. The molecule has 3 rings (SSSR count). The maximum absolute atomic E-state index is 13.0. The highest BCUT2D eigenvalue weighted by atomic mass is 32.2. The number of nitrogens with one attached hydrogen (secondary N) is 2. The van der Waals surface area contributed by atoms with Gasteiger partial charge in [-0.15, -0.1) is 23.1 Å². The van der Waals surface area contributed by atoms with Crippen LogP contribution in [0, 0.1) is 5.92 Å². The molecule has 8 nitrogen and oxygen atoms in total. The van der Waals surface area contributed by atoms with E-state index in [1.165, 1.54) is 30.2 Å². The highest BCUT2D eigenvalue weighted by Crippen LogP contribution is 2.40. The second-order valence-corrected chi connectivity index (χ2v) is 10.5. The second-order valence-electron chi connectivity index (χ2n) is 7.99. The zero-order valence-corrected chi connectivity index (χ0v) is 20.7. The second kappa shape index (κ2) is 11.3. The Hall–Kier alpha value is -3.11. The number of carbonyl (C=O) groups is 4. The van der Waals surface area contributed by atoms with Crippen molar-refractivity contribution in [3.8, 4) is 0 Å². The van der Waals surface area contributed by atoms with Crippen LogP contribution in [-0.2, 0) is 32.0 Å². The smallest absolute Gasteiger partial charge is 0.341 e. The summed E-state index contributed by atoms with van der Waals surface area (Å²) in [6.07, 6.45) is 4.35. The number of hydrogen-bond donors (Lipinski definition) is 3. The lowest BCUT2D eigenvalue weighted by atomic mass is 9.88. The topological polar surface area (TPSA) is 122 Å². The van der Waals surface area contributed by atoms with E-state index < -0.39 is 23.1 Å². The molecule has 0 spiro atoms. The first-order valence-corrected chi connectivity index (χ1v) is 12.4. The molecule has 1 heterocycles.